The van der Waals surface area contributed by atoms with Gasteiger partial charge in [-0.15, -0.1) is 0 Å². The molecule has 0 bridgehead atoms. The summed E-state index contributed by atoms with van der Waals surface area (Å²) in [6.45, 7) is 3.10. The predicted molar refractivity (Wildman–Crippen MR) is 92.9 cm³/mol. The van der Waals surface area contributed by atoms with Gasteiger partial charge in [-0.25, -0.2) is 0 Å². The fourth-order valence-corrected chi connectivity index (χ4v) is 2.95. The number of rotatable bonds is 7. The molecule has 0 saturated carbocycles. The maximum Gasteiger partial charge on any atom is 0.138 e. The van der Waals surface area contributed by atoms with Crippen molar-refractivity contribution in [2.24, 2.45) is 0 Å². The molecule has 1 N–H and O–H groups in total. The minimum atomic E-state index is 0.360. The highest BCUT2D eigenvalue weighted by Gasteiger charge is 2.14. The van der Waals surface area contributed by atoms with Crippen LogP contribution in [-0.2, 0) is 17.9 Å². The maximum absolute atomic E-state index is 6.32. The second-order valence-electron chi connectivity index (χ2n) is 5.80. The van der Waals surface area contributed by atoms with Crippen LogP contribution < -0.4 is 10.1 Å². The van der Waals surface area contributed by atoms with Gasteiger partial charge in [0.1, 0.15) is 12.4 Å². The van der Waals surface area contributed by atoms with Crippen LogP contribution in [0.3, 0.4) is 0 Å². The first-order valence-electron chi connectivity index (χ1n) is 8.09. The molecule has 0 aliphatic carbocycles. The molecule has 23 heavy (non-hydrogen) atoms. The molecule has 1 atom stereocenters. The first kappa shape index (κ1) is 16.3. The number of halogens is 1. The standard InChI is InChI=1S/C19H22ClNO2/c20-18-11-16(12-21-13-17-7-4-10-22-17)8-9-19(18)23-14-15-5-2-1-3-6-15/h1-3,5-6,8-9,11,17,21H,4,7,10,12-14H2/t17-/m1/s1. The minimum absolute atomic E-state index is 0.360. The highest BCUT2D eigenvalue weighted by molar-refractivity contribution is 6.32. The molecular weight excluding hydrogens is 310 g/mol. The lowest BCUT2D eigenvalue weighted by Crippen LogP contribution is -2.25. The number of nitrogens with one attached hydrogen (secondary N) is 1. The lowest BCUT2D eigenvalue weighted by atomic mass is 10.2. The molecule has 4 heteroatoms. The molecular formula is C19H22ClNO2. The molecule has 1 aliphatic heterocycles. The maximum atomic E-state index is 6.32. The van der Waals surface area contributed by atoms with Gasteiger partial charge in [0.05, 0.1) is 11.1 Å². The van der Waals surface area contributed by atoms with Crippen molar-refractivity contribution in [3.63, 3.8) is 0 Å². The fourth-order valence-electron chi connectivity index (χ4n) is 2.69. The van der Waals surface area contributed by atoms with Gasteiger partial charge in [0.15, 0.2) is 0 Å². The Bertz CT molecular complexity index is 612. The summed E-state index contributed by atoms with van der Waals surface area (Å²) in [5.41, 5.74) is 2.28. The Morgan fingerprint density at radius 1 is 1.13 bits per heavy atom. The second kappa shape index (κ2) is 8.34. The Labute approximate surface area is 142 Å². The Morgan fingerprint density at radius 2 is 2.00 bits per heavy atom. The molecule has 1 fully saturated rings. The largest absolute Gasteiger partial charge is 0.487 e. The molecule has 122 valence electrons. The van der Waals surface area contributed by atoms with Crippen molar-refractivity contribution >= 4 is 11.6 Å². The molecule has 0 aromatic heterocycles. The third-order valence-electron chi connectivity index (χ3n) is 3.96. The number of hydrogen-bond donors (Lipinski definition) is 1. The van der Waals surface area contributed by atoms with Crippen molar-refractivity contribution in [2.45, 2.75) is 32.1 Å². The van der Waals surface area contributed by atoms with Gasteiger partial charge in [0, 0.05) is 19.7 Å². The molecule has 3 rings (SSSR count). The van der Waals surface area contributed by atoms with E-state index in [1.165, 1.54) is 6.42 Å². The van der Waals surface area contributed by atoms with Crippen molar-refractivity contribution in [2.75, 3.05) is 13.2 Å². The van der Waals surface area contributed by atoms with Crippen LogP contribution in [0.4, 0.5) is 0 Å². The van der Waals surface area contributed by atoms with E-state index >= 15 is 0 Å². The summed E-state index contributed by atoms with van der Waals surface area (Å²) < 4.78 is 11.4. The quantitative estimate of drug-likeness (QED) is 0.825. The summed E-state index contributed by atoms with van der Waals surface area (Å²) in [5.74, 6) is 0.721. The predicted octanol–water partition coefficient (Wildman–Crippen LogP) is 4.19. The summed E-state index contributed by atoms with van der Waals surface area (Å²) >= 11 is 6.32. The third kappa shape index (κ3) is 4.96. The van der Waals surface area contributed by atoms with E-state index in [0.29, 0.717) is 17.7 Å². The van der Waals surface area contributed by atoms with Crippen LogP contribution in [0.2, 0.25) is 5.02 Å². The Morgan fingerprint density at radius 3 is 2.74 bits per heavy atom. The van der Waals surface area contributed by atoms with Gasteiger partial charge in [-0.1, -0.05) is 48.0 Å². The zero-order valence-electron chi connectivity index (χ0n) is 13.1. The van der Waals surface area contributed by atoms with Crippen molar-refractivity contribution < 1.29 is 9.47 Å². The van der Waals surface area contributed by atoms with E-state index in [1.54, 1.807) is 0 Å². The molecule has 0 unspecified atom stereocenters. The van der Waals surface area contributed by atoms with E-state index in [-0.39, 0.29) is 0 Å². The van der Waals surface area contributed by atoms with Crippen LogP contribution in [-0.4, -0.2) is 19.3 Å². The summed E-state index contributed by atoms with van der Waals surface area (Å²) in [7, 11) is 0. The second-order valence-corrected chi connectivity index (χ2v) is 6.21. The summed E-state index contributed by atoms with van der Waals surface area (Å²) in [4.78, 5) is 0. The van der Waals surface area contributed by atoms with Gasteiger partial charge in [-0.2, -0.15) is 0 Å². The van der Waals surface area contributed by atoms with E-state index in [2.05, 4.69) is 11.4 Å². The fraction of sp³-hybridized carbons (Fsp3) is 0.368. The van der Waals surface area contributed by atoms with E-state index < -0.39 is 0 Å². The minimum Gasteiger partial charge on any atom is -0.487 e. The van der Waals surface area contributed by atoms with Crippen LogP contribution in [0.1, 0.15) is 24.0 Å². The monoisotopic (exact) mass is 331 g/mol. The zero-order chi connectivity index (χ0) is 15.9. The van der Waals surface area contributed by atoms with Crippen molar-refractivity contribution in [3.8, 4) is 5.75 Å². The van der Waals surface area contributed by atoms with Crippen LogP contribution in [0.15, 0.2) is 48.5 Å². The molecule has 3 nitrogen and oxygen atoms in total. The summed E-state index contributed by atoms with van der Waals surface area (Å²) in [6.07, 6.45) is 2.69. The Hall–Kier alpha value is -1.55. The van der Waals surface area contributed by atoms with Gasteiger partial charge >= 0.3 is 0 Å². The van der Waals surface area contributed by atoms with Gasteiger partial charge in [0.25, 0.3) is 0 Å². The number of hydrogen-bond acceptors (Lipinski definition) is 3. The average molecular weight is 332 g/mol. The van der Waals surface area contributed by atoms with Crippen molar-refractivity contribution in [1.29, 1.82) is 0 Å². The molecule has 0 spiro atoms. The van der Waals surface area contributed by atoms with E-state index in [0.717, 1.165) is 43.0 Å². The lowest BCUT2D eigenvalue weighted by Gasteiger charge is -2.12. The number of benzene rings is 2. The zero-order valence-corrected chi connectivity index (χ0v) is 13.9. The van der Waals surface area contributed by atoms with Crippen LogP contribution in [0.5, 0.6) is 5.75 Å². The van der Waals surface area contributed by atoms with Crippen molar-refractivity contribution in [1.82, 2.24) is 5.32 Å². The van der Waals surface area contributed by atoms with Crippen molar-refractivity contribution in [3.05, 3.63) is 64.7 Å². The van der Waals surface area contributed by atoms with Gasteiger partial charge < -0.3 is 14.8 Å². The highest BCUT2D eigenvalue weighted by atomic mass is 35.5. The van der Waals surface area contributed by atoms with E-state index in [9.17, 15) is 0 Å². The first-order chi connectivity index (χ1) is 11.3. The van der Waals surface area contributed by atoms with Gasteiger partial charge in [-0.3, -0.25) is 0 Å². The molecule has 2 aromatic carbocycles. The molecule has 1 aliphatic rings. The Kier molecular flexibility index (Phi) is 5.92. The van der Waals surface area contributed by atoms with Crippen LogP contribution in [0.25, 0.3) is 0 Å². The van der Waals surface area contributed by atoms with Crippen LogP contribution in [0, 0.1) is 0 Å². The normalized spacial score (nSPS) is 17.3. The lowest BCUT2D eigenvalue weighted by molar-refractivity contribution is 0.110. The number of ether oxygens (including phenoxy) is 2. The van der Waals surface area contributed by atoms with Gasteiger partial charge in [-0.05, 0) is 36.1 Å². The summed E-state index contributed by atoms with van der Waals surface area (Å²) in [5, 5.41) is 4.07. The summed E-state index contributed by atoms with van der Waals surface area (Å²) in [6, 6.07) is 16.0. The first-order valence-corrected chi connectivity index (χ1v) is 8.46. The SMILES string of the molecule is Clc1cc(CNC[C@H]2CCCO2)ccc1OCc1ccccc1. The van der Waals surface area contributed by atoms with E-state index in [4.69, 9.17) is 21.1 Å². The molecule has 0 radical (unpaired) electrons. The van der Waals surface area contributed by atoms with Crippen LogP contribution >= 0.6 is 11.6 Å². The highest BCUT2D eigenvalue weighted by Crippen LogP contribution is 2.26. The molecule has 1 heterocycles. The topological polar surface area (TPSA) is 30.5 Å². The molecule has 2 aromatic rings. The average Bonchev–Trinajstić information content (AvgIpc) is 3.08. The smallest absolute Gasteiger partial charge is 0.138 e. The molecule has 1 saturated heterocycles. The van der Waals surface area contributed by atoms with E-state index in [1.807, 2.05) is 42.5 Å². The molecule has 0 amide bonds. The van der Waals surface area contributed by atoms with Gasteiger partial charge in [0.2, 0.25) is 0 Å². The third-order valence-corrected chi connectivity index (χ3v) is 4.25. The Balaban J connectivity index is 1.49.